The van der Waals surface area contributed by atoms with Crippen molar-refractivity contribution in [3.63, 3.8) is 0 Å². The van der Waals surface area contributed by atoms with Crippen molar-refractivity contribution in [1.29, 1.82) is 0 Å². The monoisotopic (exact) mass is 276 g/mol. The zero-order valence-corrected chi connectivity index (χ0v) is 11.2. The van der Waals surface area contributed by atoms with Crippen LogP contribution in [0.5, 0.6) is 0 Å². The first-order valence-electron chi connectivity index (χ1n) is 6.45. The molecule has 3 nitrogen and oxygen atoms in total. The molecule has 6 heteroatoms. The Morgan fingerprint density at radius 2 is 1.95 bits per heavy atom. The highest BCUT2D eigenvalue weighted by Crippen LogP contribution is 2.35. The van der Waals surface area contributed by atoms with E-state index in [9.17, 15) is 13.2 Å². The number of nitrogens with one attached hydrogen (secondary N) is 1. The number of nitrogens with zero attached hydrogens (tertiary/aromatic N) is 1. The maximum atomic E-state index is 12.8. The van der Waals surface area contributed by atoms with Gasteiger partial charge in [0.25, 0.3) is 0 Å². The molecule has 0 saturated carbocycles. The van der Waals surface area contributed by atoms with E-state index in [1.165, 1.54) is 0 Å². The molecule has 0 unspecified atom stereocenters. The summed E-state index contributed by atoms with van der Waals surface area (Å²) >= 11 is 0. The maximum Gasteiger partial charge on any atom is 0.391 e. The third-order valence-electron chi connectivity index (χ3n) is 3.53. The van der Waals surface area contributed by atoms with Crippen LogP contribution < -0.4 is 5.32 Å². The molecule has 1 saturated heterocycles. The first-order chi connectivity index (χ1) is 8.87. The Labute approximate surface area is 110 Å². The van der Waals surface area contributed by atoms with E-state index in [1.54, 1.807) is 13.0 Å². The first kappa shape index (κ1) is 14.4. The second kappa shape index (κ2) is 5.54. The van der Waals surface area contributed by atoms with Gasteiger partial charge in [-0.3, -0.25) is 4.90 Å². The standard InChI is InChI=1S/C13H19F3N2O/c1-9-7-12(19-10(9)2)11(8-13(14,15)16)18-5-3-17-4-6-18/h7,11,17H,3-6,8H2,1-2H3/t11-/m0/s1. The van der Waals surface area contributed by atoms with Crippen LogP contribution in [0.3, 0.4) is 0 Å². The van der Waals surface area contributed by atoms with Crippen LogP contribution in [0, 0.1) is 13.8 Å². The zero-order chi connectivity index (χ0) is 14.0. The van der Waals surface area contributed by atoms with Crippen LogP contribution in [0.1, 0.15) is 29.5 Å². The van der Waals surface area contributed by atoms with E-state index in [-0.39, 0.29) is 0 Å². The number of piperazine rings is 1. The van der Waals surface area contributed by atoms with Gasteiger partial charge in [0, 0.05) is 26.2 Å². The molecule has 1 aromatic rings. The normalized spacial score (nSPS) is 19.6. The molecule has 2 rings (SSSR count). The molecule has 0 amide bonds. The molecule has 0 bridgehead atoms. The molecule has 0 aliphatic carbocycles. The lowest BCUT2D eigenvalue weighted by atomic mass is 10.1. The fourth-order valence-electron chi connectivity index (χ4n) is 2.39. The third kappa shape index (κ3) is 3.73. The van der Waals surface area contributed by atoms with Gasteiger partial charge in [0.05, 0.1) is 12.5 Å². The average Bonchev–Trinajstić information content (AvgIpc) is 2.66. The zero-order valence-electron chi connectivity index (χ0n) is 11.2. The summed E-state index contributed by atoms with van der Waals surface area (Å²) in [4.78, 5) is 1.85. The summed E-state index contributed by atoms with van der Waals surface area (Å²) in [6.45, 7) is 6.28. The summed E-state index contributed by atoms with van der Waals surface area (Å²) in [5.74, 6) is 1.12. The minimum Gasteiger partial charge on any atom is -0.464 e. The predicted octanol–water partition coefficient (Wildman–Crippen LogP) is 2.80. The Morgan fingerprint density at radius 3 is 2.42 bits per heavy atom. The predicted molar refractivity (Wildman–Crippen MR) is 66.0 cm³/mol. The summed E-state index contributed by atoms with van der Waals surface area (Å²) in [7, 11) is 0. The Kier molecular flexibility index (Phi) is 4.20. The lowest BCUT2D eigenvalue weighted by molar-refractivity contribution is -0.150. The van der Waals surface area contributed by atoms with Crippen LogP contribution in [-0.2, 0) is 0 Å². The smallest absolute Gasteiger partial charge is 0.391 e. The largest absolute Gasteiger partial charge is 0.464 e. The van der Waals surface area contributed by atoms with Crippen LogP contribution in [-0.4, -0.2) is 37.3 Å². The van der Waals surface area contributed by atoms with Gasteiger partial charge in [-0.25, -0.2) is 0 Å². The lowest BCUT2D eigenvalue weighted by Crippen LogP contribution is -2.46. The first-order valence-corrected chi connectivity index (χ1v) is 6.45. The molecule has 1 atom stereocenters. The molecule has 1 fully saturated rings. The third-order valence-corrected chi connectivity index (χ3v) is 3.53. The summed E-state index contributed by atoms with van der Waals surface area (Å²) < 4.78 is 43.8. The van der Waals surface area contributed by atoms with E-state index in [2.05, 4.69) is 5.32 Å². The Hall–Kier alpha value is -1.01. The number of furan rings is 1. The van der Waals surface area contributed by atoms with Crippen molar-refractivity contribution < 1.29 is 17.6 Å². The van der Waals surface area contributed by atoms with Crippen molar-refractivity contribution in [2.75, 3.05) is 26.2 Å². The molecule has 0 spiro atoms. The van der Waals surface area contributed by atoms with Crippen LogP contribution in [0.4, 0.5) is 13.2 Å². The Morgan fingerprint density at radius 1 is 1.32 bits per heavy atom. The summed E-state index contributed by atoms with van der Waals surface area (Å²) in [6, 6.07) is 1.02. The quantitative estimate of drug-likeness (QED) is 0.920. The second-order valence-electron chi connectivity index (χ2n) is 5.01. The highest BCUT2D eigenvalue weighted by atomic mass is 19.4. The van der Waals surface area contributed by atoms with Gasteiger partial charge in [-0.05, 0) is 25.5 Å². The molecule has 1 aliphatic heterocycles. The van der Waals surface area contributed by atoms with Crippen molar-refractivity contribution in [3.05, 3.63) is 23.2 Å². The highest BCUT2D eigenvalue weighted by molar-refractivity contribution is 5.21. The van der Waals surface area contributed by atoms with E-state index in [1.807, 2.05) is 11.8 Å². The van der Waals surface area contributed by atoms with Gasteiger partial charge >= 0.3 is 6.18 Å². The van der Waals surface area contributed by atoms with Gasteiger partial charge in [0.15, 0.2) is 0 Å². The molecular weight excluding hydrogens is 257 g/mol. The van der Waals surface area contributed by atoms with Crippen molar-refractivity contribution in [1.82, 2.24) is 10.2 Å². The Bertz CT molecular complexity index is 403. The molecule has 1 N–H and O–H groups in total. The van der Waals surface area contributed by atoms with Gasteiger partial charge < -0.3 is 9.73 Å². The van der Waals surface area contributed by atoms with E-state index < -0.39 is 18.6 Å². The van der Waals surface area contributed by atoms with Crippen LogP contribution in [0.15, 0.2) is 10.5 Å². The van der Waals surface area contributed by atoms with Crippen LogP contribution in [0.2, 0.25) is 0 Å². The average molecular weight is 276 g/mol. The number of hydrogen-bond donors (Lipinski definition) is 1. The summed E-state index contributed by atoms with van der Waals surface area (Å²) in [5.41, 5.74) is 0.900. The SMILES string of the molecule is Cc1cc([C@H](CC(F)(F)F)N2CCNCC2)oc1C. The minimum atomic E-state index is -4.19. The van der Waals surface area contributed by atoms with Gasteiger partial charge in [0.2, 0.25) is 0 Å². The Balaban J connectivity index is 2.22. The number of alkyl halides is 3. The fourth-order valence-corrected chi connectivity index (χ4v) is 2.39. The second-order valence-corrected chi connectivity index (χ2v) is 5.01. The van der Waals surface area contributed by atoms with Crippen LogP contribution in [0.25, 0.3) is 0 Å². The molecular formula is C13H19F3N2O. The number of aryl methyl sites for hydroxylation is 2. The van der Waals surface area contributed by atoms with Crippen LogP contribution >= 0.6 is 0 Å². The molecule has 19 heavy (non-hydrogen) atoms. The molecule has 108 valence electrons. The minimum absolute atomic E-state index is 0.425. The van der Waals surface area contributed by atoms with Gasteiger partial charge in [-0.1, -0.05) is 0 Å². The maximum absolute atomic E-state index is 12.8. The summed E-state index contributed by atoms with van der Waals surface area (Å²) in [6.07, 6.45) is -5.05. The van der Waals surface area contributed by atoms with Crippen molar-refractivity contribution >= 4 is 0 Å². The lowest BCUT2D eigenvalue weighted by Gasteiger charge is -2.34. The van der Waals surface area contributed by atoms with E-state index in [0.717, 1.165) is 5.56 Å². The fraction of sp³-hybridized carbons (Fsp3) is 0.692. The molecule has 1 aliphatic rings. The molecule has 1 aromatic heterocycles. The highest BCUT2D eigenvalue weighted by Gasteiger charge is 2.37. The molecule has 0 radical (unpaired) electrons. The van der Waals surface area contributed by atoms with Crippen molar-refractivity contribution in [2.45, 2.75) is 32.5 Å². The number of halogens is 3. The number of rotatable bonds is 3. The van der Waals surface area contributed by atoms with E-state index >= 15 is 0 Å². The van der Waals surface area contributed by atoms with Gasteiger partial charge in [-0.15, -0.1) is 0 Å². The van der Waals surface area contributed by atoms with E-state index in [0.29, 0.717) is 37.7 Å². The number of hydrogen-bond acceptors (Lipinski definition) is 3. The van der Waals surface area contributed by atoms with Crippen molar-refractivity contribution in [2.24, 2.45) is 0 Å². The summed E-state index contributed by atoms with van der Waals surface area (Å²) in [5, 5.41) is 3.15. The topological polar surface area (TPSA) is 28.4 Å². The molecule has 0 aromatic carbocycles. The van der Waals surface area contributed by atoms with Gasteiger partial charge in [0.1, 0.15) is 11.5 Å². The van der Waals surface area contributed by atoms with Crippen molar-refractivity contribution in [3.8, 4) is 0 Å². The molecule has 2 heterocycles. The van der Waals surface area contributed by atoms with E-state index in [4.69, 9.17) is 4.42 Å². The van der Waals surface area contributed by atoms with Gasteiger partial charge in [-0.2, -0.15) is 13.2 Å².